The molecule has 170 valence electrons. The molecule has 0 bridgehead atoms. The van der Waals surface area contributed by atoms with E-state index >= 15 is 0 Å². The molecule has 1 aliphatic heterocycles. The number of pyridine rings is 1. The van der Waals surface area contributed by atoms with E-state index in [0.29, 0.717) is 6.42 Å². The standard InChI is InChI=1S/C24H26ClF2N3O2/c1-12-6-7-28-20(8-12)24(32)30-14(3)13(2)9-21(30)23(31)29-22(15-4-5-15)16-10-19(27)17(25)11-18(16)26/h6-8,10-11,13-15,21-22H,4-5,9H2,1-3H3,(H,29,31)/t13-,14-,21-,22-/m1/s1. The van der Waals surface area contributed by atoms with Gasteiger partial charge in [0.25, 0.3) is 5.91 Å². The molecule has 0 spiro atoms. The summed E-state index contributed by atoms with van der Waals surface area (Å²) in [6.07, 6.45) is 3.67. The van der Waals surface area contributed by atoms with Crippen LogP contribution in [-0.2, 0) is 4.79 Å². The van der Waals surface area contributed by atoms with Crippen LogP contribution in [0.2, 0.25) is 5.02 Å². The van der Waals surface area contributed by atoms with Gasteiger partial charge in [-0.25, -0.2) is 8.78 Å². The number of rotatable bonds is 5. The maximum atomic E-state index is 14.6. The van der Waals surface area contributed by atoms with Crippen molar-refractivity contribution in [3.8, 4) is 0 Å². The third kappa shape index (κ3) is 4.35. The first-order chi connectivity index (χ1) is 15.2. The molecular weight excluding hydrogens is 436 g/mol. The number of aryl methyl sites for hydroxylation is 1. The van der Waals surface area contributed by atoms with Crippen LogP contribution in [0.1, 0.15) is 60.8 Å². The normalized spacial score (nSPS) is 23.8. The second kappa shape index (κ2) is 8.77. The summed E-state index contributed by atoms with van der Waals surface area (Å²) in [5.74, 6) is -1.94. The van der Waals surface area contributed by atoms with Crippen molar-refractivity contribution in [2.24, 2.45) is 11.8 Å². The fraction of sp³-hybridized carbons (Fsp3) is 0.458. The summed E-state index contributed by atoms with van der Waals surface area (Å²) in [6.45, 7) is 5.78. The van der Waals surface area contributed by atoms with Crippen molar-refractivity contribution in [3.63, 3.8) is 0 Å². The molecule has 0 radical (unpaired) electrons. The Kier molecular flexibility index (Phi) is 6.21. The van der Waals surface area contributed by atoms with E-state index in [1.807, 2.05) is 20.8 Å². The van der Waals surface area contributed by atoms with Crippen molar-refractivity contribution in [2.75, 3.05) is 0 Å². The highest BCUT2D eigenvalue weighted by Gasteiger charge is 2.45. The molecule has 2 aromatic rings. The third-order valence-corrected chi connectivity index (χ3v) is 6.92. The van der Waals surface area contributed by atoms with Gasteiger partial charge in [-0.1, -0.05) is 18.5 Å². The number of hydrogen-bond donors (Lipinski definition) is 1. The summed E-state index contributed by atoms with van der Waals surface area (Å²) in [5.41, 5.74) is 1.27. The number of halogens is 3. The zero-order valence-electron chi connectivity index (χ0n) is 18.2. The van der Waals surface area contributed by atoms with Gasteiger partial charge < -0.3 is 10.2 Å². The molecule has 2 aliphatic rings. The minimum Gasteiger partial charge on any atom is -0.347 e. The zero-order chi connectivity index (χ0) is 23.2. The van der Waals surface area contributed by atoms with E-state index in [1.54, 1.807) is 23.2 Å². The van der Waals surface area contributed by atoms with Crippen LogP contribution < -0.4 is 5.32 Å². The fourth-order valence-electron chi connectivity index (χ4n) is 4.47. The number of nitrogens with zero attached hydrogens (tertiary/aromatic N) is 2. The van der Waals surface area contributed by atoms with Gasteiger partial charge in [0, 0.05) is 17.8 Å². The van der Waals surface area contributed by atoms with E-state index < -0.39 is 23.7 Å². The molecule has 32 heavy (non-hydrogen) atoms. The van der Waals surface area contributed by atoms with Gasteiger partial charge in [0.15, 0.2) is 0 Å². The summed E-state index contributed by atoms with van der Waals surface area (Å²) < 4.78 is 28.7. The number of hydrogen-bond acceptors (Lipinski definition) is 3. The van der Waals surface area contributed by atoms with E-state index in [9.17, 15) is 18.4 Å². The van der Waals surface area contributed by atoms with E-state index in [-0.39, 0.29) is 46.0 Å². The number of nitrogens with one attached hydrogen (secondary N) is 1. The van der Waals surface area contributed by atoms with Gasteiger partial charge in [-0.05, 0) is 74.8 Å². The van der Waals surface area contributed by atoms with Gasteiger partial charge in [-0.3, -0.25) is 14.6 Å². The summed E-state index contributed by atoms with van der Waals surface area (Å²) >= 11 is 5.70. The lowest BCUT2D eigenvalue weighted by molar-refractivity contribution is -0.126. The Balaban J connectivity index is 1.60. The molecule has 1 N–H and O–H groups in total. The second-order valence-corrected chi connectivity index (χ2v) is 9.42. The molecule has 1 saturated heterocycles. The predicted molar refractivity (Wildman–Crippen MR) is 117 cm³/mol. The number of aromatic nitrogens is 1. The first kappa shape index (κ1) is 22.6. The van der Waals surface area contributed by atoms with E-state index in [2.05, 4.69) is 10.3 Å². The first-order valence-corrected chi connectivity index (χ1v) is 11.2. The van der Waals surface area contributed by atoms with Gasteiger partial charge in [-0.15, -0.1) is 0 Å². The summed E-state index contributed by atoms with van der Waals surface area (Å²) in [7, 11) is 0. The van der Waals surface area contributed by atoms with Crippen LogP contribution in [0.5, 0.6) is 0 Å². The van der Waals surface area contributed by atoms with Crippen LogP contribution in [0.25, 0.3) is 0 Å². The molecule has 8 heteroatoms. The maximum absolute atomic E-state index is 14.6. The van der Waals surface area contributed by atoms with Gasteiger partial charge in [-0.2, -0.15) is 0 Å². The van der Waals surface area contributed by atoms with Crippen molar-refractivity contribution in [3.05, 3.63) is 63.9 Å². The fourth-order valence-corrected chi connectivity index (χ4v) is 4.62. The van der Waals surface area contributed by atoms with Gasteiger partial charge >= 0.3 is 0 Å². The molecule has 2 amide bonds. The molecule has 5 nitrogen and oxygen atoms in total. The summed E-state index contributed by atoms with van der Waals surface area (Å²) in [5, 5.41) is 2.61. The van der Waals surface area contributed by atoms with Crippen molar-refractivity contribution >= 4 is 23.4 Å². The number of carbonyl (C=O) groups excluding carboxylic acids is 2. The monoisotopic (exact) mass is 461 g/mol. The highest BCUT2D eigenvalue weighted by Crippen LogP contribution is 2.43. The number of likely N-dealkylation sites (tertiary alicyclic amines) is 1. The largest absolute Gasteiger partial charge is 0.347 e. The van der Waals surface area contributed by atoms with Crippen LogP contribution >= 0.6 is 11.6 Å². The van der Waals surface area contributed by atoms with Crippen molar-refractivity contribution in [1.82, 2.24) is 15.2 Å². The molecule has 4 rings (SSSR count). The second-order valence-electron chi connectivity index (χ2n) is 9.01. The minimum absolute atomic E-state index is 0.0212. The van der Waals surface area contributed by atoms with Crippen molar-refractivity contribution in [2.45, 2.75) is 58.2 Å². The molecule has 1 aliphatic carbocycles. The molecule has 0 unspecified atom stereocenters. The summed E-state index contributed by atoms with van der Waals surface area (Å²) in [4.78, 5) is 32.4. The molecule has 4 atom stereocenters. The Hall–Kier alpha value is -2.54. The lowest BCUT2D eigenvalue weighted by Crippen LogP contribution is -2.49. The first-order valence-electron chi connectivity index (χ1n) is 10.9. The van der Waals surface area contributed by atoms with E-state index in [4.69, 9.17) is 11.6 Å². The number of carbonyl (C=O) groups is 2. The summed E-state index contributed by atoms with van der Waals surface area (Å²) in [6, 6.07) is 3.95. The topological polar surface area (TPSA) is 62.3 Å². The average Bonchev–Trinajstić information content (AvgIpc) is 3.54. The average molecular weight is 462 g/mol. The zero-order valence-corrected chi connectivity index (χ0v) is 19.0. The molecule has 2 fully saturated rings. The lowest BCUT2D eigenvalue weighted by Gasteiger charge is -2.30. The Labute approximate surface area is 191 Å². The van der Waals surface area contributed by atoms with Gasteiger partial charge in [0.2, 0.25) is 5.91 Å². The maximum Gasteiger partial charge on any atom is 0.273 e. The Morgan fingerprint density at radius 1 is 1.19 bits per heavy atom. The number of amides is 2. The van der Waals surface area contributed by atoms with Crippen molar-refractivity contribution < 1.29 is 18.4 Å². The minimum atomic E-state index is -0.728. The van der Waals surface area contributed by atoms with E-state index in [1.165, 1.54) is 0 Å². The van der Waals surface area contributed by atoms with Crippen LogP contribution in [-0.4, -0.2) is 33.8 Å². The SMILES string of the molecule is Cc1ccnc(C(=O)N2[C@@H](C(=O)N[C@@H](c3cc(F)c(Cl)cc3F)C3CC3)C[C@@H](C)[C@H]2C)c1. The van der Waals surface area contributed by atoms with Crippen LogP contribution in [0.3, 0.4) is 0 Å². The quantitative estimate of drug-likeness (QED) is 0.649. The van der Waals surface area contributed by atoms with Gasteiger partial charge in [0.1, 0.15) is 23.4 Å². The van der Waals surface area contributed by atoms with Gasteiger partial charge in [0.05, 0.1) is 11.1 Å². The molecule has 1 aromatic carbocycles. The van der Waals surface area contributed by atoms with Crippen LogP contribution in [0.15, 0.2) is 30.5 Å². The Bertz CT molecular complexity index is 1060. The van der Waals surface area contributed by atoms with E-state index in [0.717, 1.165) is 30.5 Å². The molecule has 1 aromatic heterocycles. The van der Waals surface area contributed by atoms with Crippen LogP contribution in [0.4, 0.5) is 8.78 Å². The smallest absolute Gasteiger partial charge is 0.273 e. The highest BCUT2D eigenvalue weighted by atomic mass is 35.5. The highest BCUT2D eigenvalue weighted by molar-refractivity contribution is 6.30. The molecule has 1 saturated carbocycles. The van der Waals surface area contributed by atoms with Crippen molar-refractivity contribution in [1.29, 1.82) is 0 Å². The molecular formula is C24H26ClF2N3O2. The predicted octanol–water partition coefficient (Wildman–Crippen LogP) is 4.83. The van der Waals surface area contributed by atoms with Crippen LogP contribution in [0, 0.1) is 30.4 Å². The lowest BCUT2D eigenvalue weighted by atomic mass is 9.99. The Morgan fingerprint density at radius 3 is 2.56 bits per heavy atom. The molecule has 2 heterocycles. The number of benzene rings is 1. The third-order valence-electron chi connectivity index (χ3n) is 6.63. The Morgan fingerprint density at radius 2 is 1.91 bits per heavy atom.